The Labute approximate surface area is 185 Å². The molecule has 1 aliphatic rings. The monoisotopic (exact) mass is 441 g/mol. The Bertz CT molecular complexity index is 938. The highest BCUT2D eigenvalue weighted by Crippen LogP contribution is 2.18. The quantitative estimate of drug-likeness (QED) is 0.573. The number of benzene rings is 2. The van der Waals surface area contributed by atoms with Crippen LogP contribution in [0.1, 0.15) is 34.5 Å². The summed E-state index contributed by atoms with van der Waals surface area (Å²) in [7, 11) is 0. The zero-order valence-corrected chi connectivity index (χ0v) is 18.2. The van der Waals surface area contributed by atoms with E-state index in [2.05, 4.69) is 27.3 Å². The minimum atomic E-state index is -0.0304. The van der Waals surface area contributed by atoms with Crippen molar-refractivity contribution in [1.29, 1.82) is 0 Å². The molecule has 4 rings (SSSR count). The molecule has 2 aromatic carbocycles. The van der Waals surface area contributed by atoms with E-state index in [4.69, 9.17) is 16.3 Å². The van der Waals surface area contributed by atoms with Crippen molar-refractivity contribution in [1.82, 2.24) is 15.2 Å². The van der Waals surface area contributed by atoms with Crippen LogP contribution in [0.4, 0.5) is 0 Å². The summed E-state index contributed by atoms with van der Waals surface area (Å²) in [6.45, 7) is 3.29. The molecule has 1 amide bonds. The highest BCUT2D eigenvalue weighted by atomic mass is 35.5. The fourth-order valence-electron chi connectivity index (χ4n) is 3.52. The number of nitrogens with zero attached hydrogens (tertiary/aromatic N) is 2. The number of halogens is 1. The molecule has 0 bridgehead atoms. The lowest BCUT2D eigenvalue weighted by Crippen LogP contribution is -2.44. The van der Waals surface area contributed by atoms with Gasteiger partial charge in [-0.1, -0.05) is 23.7 Å². The van der Waals surface area contributed by atoms with Crippen LogP contribution in [0.3, 0.4) is 0 Å². The summed E-state index contributed by atoms with van der Waals surface area (Å²) in [5.74, 6) is 0.701. The Kier molecular flexibility index (Phi) is 7.00. The van der Waals surface area contributed by atoms with Gasteiger partial charge in [0.2, 0.25) is 0 Å². The van der Waals surface area contributed by atoms with Crippen LogP contribution in [0.25, 0.3) is 0 Å². The highest BCUT2D eigenvalue weighted by Gasteiger charge is 2.21. The third-order valence-electron chi connectivity index (χ3n) is 5.23. The number of nitrogens with one attached hydrogen (secondary N) is 1. The molecule has 1 saturated heterocycles. The van der Waals surface area contributed by atoms with Crippen molar-refractivity contribution in [2.45, 2.75) is 32.0 Å². The van der Waals surface area contributed by atoms with Gasteiger partial charge in [0.05, 0.1) is 11.2 Å². The number of amides is 1. The molecule has 0 unspecified atom stereocenters. The first kappa shape index (κ1) is 20.8. The van der Waals surface area contributed by atoms with Crippen LogP contribution in [0.2, 0.25) is 5.02 Å². The van der Waals surface area contributed by atoms with Crippen LogP contribution in [0.5, 0.6) is 5.75 Å². The minimum absolute atomic E-state index is 0.0304. The van der Waals surface area contributed by atoms with Crippen LogP contribution in [0, 0.1) is 0 Å². The number of ether oxygens (including phenoxy) is 1. The summed E-state index contributed by atoms with van der Waals surface area (Å²) < 4.78 is 5.70. The van der Waals surface area contributed by atoms with Crippen LogP contribution in [0.15, 0.2) is 59.4 Å². The second-order valence-corrected chi connectivity index (χ2v) is 8.60. The number of piperidine rings is 1. The number of carbonyl (C=O) groups is 1. The third kappa shape index (κ3) is 5.81. The van der Waals surface area contributed by atoms with Gasteiger partial charge in [0.1, 0.15) is 12.4 Å². The number of aromatic nitrogens is 1. The normalized spacial score (nSPS) is 15.1. The molecule has 0 radical (unpaired) electrons. The molecule has 0 spiro atoms. The second-order valence-electron chi connectivity index (χ2n) is 7.44. The fourth-order valence-corrected chi connectivity index (χ4v) is 4.19. The first-order valence-electron chi connectivity index (χ1n) is 10.0. The molecule has 7 heteroatoms. The number of rotatable bonds is 7. The van der Waals surface area contributed by atoms with Crippen molar-refractivity contribution in [2.75, 3.05) is 13.1 Å². The maximum atomic E-state index is 12.6. The van der Waals surface area contributed by atoms with E-state index in [1.165, 1.54) is 5.56 Å². The van der Waals surface area contributed by atoms with Crippen molar-refractivity contribution in [3.05, 3.63) is 81.3 Å². The number of carbonyl (C=O) groups excluding carboxylic acids is 1. The average Bonchev–Trinajstić information content (AvgIpc) is 3.29. The molecule has 5 nitrogen and oxygen atoms in total. The smallest absolute Gasteiger partial charge is 0.251 e. The molecule has 0 atom stereocenters. The Hall–Kier alpha value is -2.41. The standard InChI is InChI=1S/C23H24ClN3O2S/c24-19-5-1-17(2-6-19)13-27-11-9-20(10-12-27)26-23(28)18-3-7-22(8-4-18)29-14-21-15-30-16-25-21/h1-8,15-16,20H,9-14H2,(H,26,28). The number of thiazole rings is 1. The molecular formula is C23H24ClN3O2S. The van der Waals surface area contributed by atoms with Gasteiger partial charge in [-0.15, -0.1) is 11.3 Å². The summed E-state index contributed by atoms with van der Waals surface area (Å²) in [6.07, 6.45) is 1.91. The van der Waals surface area contributed by atoms with E-state index in [1.54, 1.807) is 29.0 Å². The first-order valence-corrected chi connectivity index (χ1v) is 11.4. The van der Waals surface area contributed by atoms with E-state index in [0.717, 1.165) is 48.9 Å². The lowest BCUT2D eigenvalue weighted by molar-refractivity contribution is 0.0909. The Morgan fingerprint density at radius 3 is 2.53 bits per heavy atom. The minimum Gasteiger partial charge on any atom is -0.487 e. The molecule has 0 saturated carbocycles. The molecule has 3 aromatic rings. The summed E-state index contributed by atoms with van der Waals surface area (Å²) in [5, 5.41) is 5.89. The lowest BCUT2D eigenvalue weighted by Gasteiger charge is -2.32. The van der Waals surface area contributed by atoms with Crippen LogP contribution in [-0.4, -0.2) is 34.9 Å². The Morgan fingerprint density at radius 2 is 1.87 bits per heavy atom. The second kappa shape index (κ2) is 10.1. The van der Waals surface area contributed by atoms with Crippen molar-refractivity contribution in [3.8, 4) is 5.75 Å². The van der Waals surface area contributed by atoms with Gasteiger partial charge in [-0.3, -0.25) is 9.69 Å². The fraction of sp³-hybridized carbons (Fsp3) is 0.304. The molecule has 1 N–H and O–H groups in total. The largest absolute Gasteiger partial charge is 0.487 e. The predicted molar refractivity (Wildman–Crippen MR) is 120 cm³/mol. The zero-order valence-electron chi connectivity index (χ0n) is 16.6. The van der Waals surface area contributed by atoms with Gasteiger partial charge < -0.3 is 10.1 Å². The Balaban J connectivity index is 1.22. The van der Waals surface area contributed by atoms with Gasteiger partial charge in [-0.25, -0.2) is 4.98 Å². The first-order chi connectivity index (χ1) is 14.7. The topological polar surface area (TPSA) is 54.5 Å². The van der Waals surface area contributed by atoms with E-state index in [-0.39, 0.29) is 11.9 Å². The number of hydrogen-bond donors (Lipinski definition) is 1. The summed E-state index contributed by atoms with van der Waals surface area (Å²) in [4.78, 5) is 19.2. The van der Waals surface area contributed by atoms with E-state index in [0.29, 0.717) is 12.2 Å². The molecule has 2 heterocycles. The van der Waals surface area contributed by atoms with E-state index in [9.17, 15) is 4.79 Å². The molecular weight excluding hydrogens is 418 g/mol. The zero-order chi connectivity index (χ0) is 20.8. The van der Waals surface area contributed by atoms with Gasteiger partial charge in [0.15, 0.2) is 0 Å². The van der Waals surface area contributed by atoms with Gasteiger partial charge in [-0.05, 0) is 54.8 Å². The lowest BCUT2D eigenvalue weighted by atomic mass is 10.0. The highest BCUT2D eigenvalue weighted by molar-refractivity contribution is 7.07. The number of hydrogen-bond acceptors (Lipinski definition) is 5. The molecule has 1 aromatic heterocycles. The van der Waals surface area contributed by atoms with E-state index in [1.807, 2.05) is 29.6 Å². The molecule has 1 aliphatic heterocycles. The maximum absolute atomic E-state index is 12.6. The maximum Gasteiger partial charge on any atom is 0.251 e. The van der Waals surface area contributed by atoms with Gasteiger partial charge in [0.25, 0.3) is 5.91 Å². The molecule has 156 valence electrons. The van der Waals surface area contributed by atoms with Crippen molar-refractivity contribution >= 4 is 28.8 Å². The van der Waals surface area contributed by atoms with E-state index < -0.39 is 0 Å². The van der Waals surface area contributed by atoms with Gasteiger partial charge >= 0.3 is 0 Å². The molecule has 1 fully saturated rings. The van der Waals surface area contributed by atoms with Crippen molar-refractivity contribution < 1.29 is 9.53 Å². The van der Waals surface area contributed by atoms with Crippen molar-refractivity contribution in [2.24, 2.45) is 0 Å². The van der Waals surface area contributed by atoms with Crippen molar-refractivity contribution in [3.63, 3.8) is 0 Å². The van der Waals surface area contributed by atoms with Crippen LogP contribution < -0.4 is 10.1 Å². The summed E-state index contributed by atoms with van der Waals surface area (Å²) in [6, 6.07) is 15.5. The summed E-state index contributed by atoms with van der Waals surface area (Å²) >= 11 is 7.50. The van der Waals surface area contributed by atoms with Crippen LogP contribution in [-0.2, 0) is 13.2 Å². The predicted octanol–water partition coefficient (Wildman–Crippen LogP) is 4.77. The third-order valence-corrected chi connectivity index (χ3v) is 6.12. The SMILES string of the molecule is O=C(NC1CCN(Cc2ccc(Cl)cc2)CC1)c1ccc(OCc2cscn2)cc1. The van der Waals surface area contributed by atoms with E-state index >= 15 is 0 Å². The Morgan fingerprint density at radius 1 is 1.13 bits per heavy atom. The number of likely N-dealkylation sites (tertiary alicyclic amines) is 1. The van der Waals surface area contributed by atoms with Gasteiger partial charge in [0, 0.05) is 41.6 Å². The molecule has 30 heavy (non-hydrogen) atoms. The molecule has 0 aliphatic carbocycles. The van der Waals surface area contributed by atoms with Gasteiger partial charge in [-0.2, -0.15) is 0 Å². The van der Waals surface area contributed by atoms with Crippen LogP contribution >= 0.6 is 22.9 Å². The average molecular weight is 442 g/mol. The summed E-state index contributed by atoms with van der Waals surface area (Å²) in [5.41, 5.74) is 4.61.